The SMILES string of the molecule is CCCCCCOc1ccccc1C(=O)N1CCNC(=O)[C@@H]1CC(=O)OCC. The van der Waals surface area contributed by atoms with E-state index in [1.165, 1.54) is 4.90 Å². The van der Waals surface area contributed by atoms with Gasteiger partial charge in [-0.25, -0.2) is 0 Å². The van der Waals surface area contributed by atoms with Crippen molar-refractivity contribution >= 4 is 17.8 Å². The Morgan fingerprint density at radius 3 is 2.71 bits per heavy atom. The summed E-state index contributed by atoms with van der Waals surface area (Å²) in [6.45, 7) is 5.31. The van der Waals surface area contributed by atoms with E-state index in [0.717, 1.165) is 25.7 Å². The normalized spacial score (nSPS) is 16.4. The fraction of sp³-hybridized carbons (Fsp3) is 0.571. The second-order valence-corrected chi connectivity index (χ2v) is 6.72. The van der Waals surface area contributed by atoms with Crippen LogP contribution in [0.1, 0.15) is 56.3 Å². The van der Waals surface area contributed by atoms with Gasteiger partial charge in [-0.2, -0.15) is 0 Å². The molecule has 1 heterocycles. The molecule has 0 aromatic heterocycles. The predicted molar refractivity (Wildman–Crippen MR) is 105 cm³/mol. The highest BCUT2D eigenvalue weighted by molar-refractivity contribution is 6.01. The Hall–Kier alpha value is -2.57. The Bertz CT molecular complexity index is 677. The zero-order valence-electron chi connectivity index (χ0n) is 16.7. The number of benzene rings is 1. The summed E-state index contributed by atoms with van der Waals surface area (Å²) in [6.07, 6.45) is 4.15. The van der Waals surface area contributed by atoms with Gasteiger partial charge in [-0.05, 0) is 25.5 Å². The number of piperazine rings is 1. The number of carbonyl (C=O) groups is 3. The van der Waals surface area contributed by atoms with Crippen LogP contribution in [0.2, 0.25) is 0 Å². The van der Waals surface area contributed by atoms with E-state index in [1.54, 1.807) is 25.1 Å². The number of unbranched alkanes of at least 4 members (excludes halogenated alkanes) is 3. The van der Waals surface area contributed by atoms with Gasteiger partial charge in [0.25, 0.3) is 5.91 Å². The van der Waals surface area contributed by atoms with E-state index < -0.39 is 12.0 Å². The van der Waals surface area contributed by atoms with Crippen LogP contribution < -0.4 is 10.1 Å². The zero-order chi connectivity index (χ0) is 20.4. The van der Waals surface area contributed by atoms with Gasteiger partial charge < -0.3 is 19.7 Å². The number of carbonyl (C=O) groups excluding carboxylic acids is 3. The van der Waals surface area contributed by atoms with Crippen LogP contribution in [0, 0.1) is 0 Å². The molecule has 0 bridgehead atoms. The first-order valence-corrected chi connectivity index (χ1v) is 10.0. The minimum atomic E-state index is -0.877. The van der Waals surface area contributed by atoms with Crippen LogP contribution >= 0.6 is 0 Å². The van der Waals surface area contributed by atoms with Gasteiger partial charge in [-0.1, -0.05) is 38.3 Å². The second-order valence-electron chi connectivity index (χ2n) is 6.72. The third-order valence-electron chi connectivity index (χ3n) is 4.63. The topological polar surface area (TPSA) is 84.9 Å². The summed E-state index contributed by atoms with van der Waals surface area (Å²) in [5, 5.41) is 2.71. The van der Waals surface area contributed by atoms with Crippen molar-refractivity contribution in [3.05, 3.63) is 29.8 Å². The Kier molecular flexibility index (Phi) is 8.78. The second kappa shape index (κ2) is 11.3. The average Bonchev–Trinajstić information content (AvgIpc) is 2.69. The molecule has 0 unspecified atom stereocenters. The number of esters is 1. The molecule has 0 spiro atoms. The molecule has 2 amide bonds. The van der Waals surface area contributed by atoms with Gasteiger partial charge in [-0.3, -0.25) is 14.4 Å². The van der Waals surface area contributed by atoms with Crippen molar-refractivity contribution in [1.29, 1.82) is 0 Å². The number of nitrogens with zero attached hydrogens (tertiary/aromatic N) is 1. The summed E-state index contributed by atoms with van der Waals surface area (Å²) in [7, 11) is 0. The smallest absolute Gasteiger partial charge is 0.308 e. The number of ether oxygens (including phenoxy) is 2. The summed E-state index contributed by atoms with van der Waals surface area (Å²) in [4.78, 5) is 38.8. The highest BCUT2D eigenvalue weighted by Gasteiger charge is 2.36. The quantitative estimate of drug-likeness (QED) is 0.490. The third kappa shape index (κ3) is 5.97. The molecule has 1 aromatic carbocycles. The molecule has 2 rings (SSSR count). The largest absolute Gasteiger partial charge is 0.493 e. The maximum Gasteiger partial charge on any atom is 0.308 e. The molecule has 7 heteroatoms. The van der Waals surface area contributed by atoms with Gasteiger partial charge in [0.1, 0.15) is 11.8 Å². The van der Waals surface area contributed by atoms with Crippen LogP contribution in [-0.4, -0.2) is 55.0 Å². The summed E-state index contributed by atoms with van der Waals surface area (Å²) in [5.41, 5.74) is 0.404. The van der Waals surface area contributed by atoms with Gasteiger partial charge in [0.2, 0.25) is 5.91 Å². The van der Waals surface area contributed by atoms with Crippen LogP contribution in [0.5, 0.6) is 5.75 Å². The molecule has 1 atom stereocenters. The number of hydrogen-bond acceptors (Lipinski definition) is 5. The lowest BCUT2D eigenvalue weighted by molar-refractivity contribution is -0.147. The first-order chi connectivity index (χ1) is 13.6. The lowest BCUT2D eigenvalue weighted by Gasteiger charge is -2.34. The Balaban J connectivity index is 2.11. The van der Waals surface area contributed by atoms with E-state index in [4.69, 9.17) is 9.47 Å². The summed E-state index contributed by atoms with van der Waals surface area (Å²) in [6, 6.07) is 6.16. The molecule has 154 valence electrons. The van der Waals surface area contributed by atoms with Gasteiger partial charge in [0.05, 0.1) is 25.2 Å². The fourth-order valence-electron chi connectivity index (χ4n) is 3.17. The van der Waals surface area contributed by atoms with Crippen LogP contribution in [-0.2, 0) is 14.3 Å². The predicted octanol–water partition coefficient (Wildman–Crippen LogP) is 2.54. The molecule has 0 saturated carbocycles. The number of rotatable bonds is 10. The number of nitrogens with one attached hydrogen (secondary N) is 1. The number of hydrogen-bond donors (Lipinski definition) is 1. The fourth-order valence-corrected chi connectivity index (χ4v) is 3.17. The first-order valence-electron chi connectivity index (χ1n) is 10.0. The van der Waals surface area contributed by atoms with Crippen LogP contribution in [0.15, 0.2) is 24.3 Å². The third-order valence-corrected chi connectivity index (χ3v) is 4.63. The maximum atomic E-state index is 13.2. The van der Waals surface area contributed by atoms with Gasteiger partial charge in [0.15, 0.2) is 0 Å². The molecule has 28 heavy (non-hydrogen) atoms. The van der Waals surface area contributed by atoms with Crippen molar-refractivity contribution in [1.82, 2.24) is 10.2 Å². The molecular weight excluding hydrogens is 360 g/mol. The van der Waals surface area contributed by atoms with Crippen LogP contribution in [0.3, 0.4) is 0 Å². The zero-order valence-corrected chi connectivity index (χ0v) is 16.7. The van der Waals surface area contributed by atoms with Crippen molar-refractivity contribution in [3.63, 3.8) is 0 Å². The minimum Gasteiger partial charge on any atom is -0.493 e. The molecule has 1 saturated heterocycles. The number of para-hydroxylation sites is 1. The molecule has 1 aromatic rings. The van der Waals surface area contributed by atoms with Gasteiger partial charge >= 0.3 is 5.97 Å². The Labute approximate surface area is 166 Å². The standard InChI is InChI=1S/C21H30N2O5/c1-3-5-6-9-14-28-18-11-8-7-10-16(18)21(26)23-13-12-22-20(25)17(23)15-19(24)27-4-2/h7-8,10-11,17H,3-6,9,12-15H2,1-2H3,(H,22,25)/t17-/m0/s1. The van der Waals surface area contributed by atoms with Gasteiger partial charge in [-0.15, -0.1) is 0 Å². The number of amides is 2. The summed E-state index contributed by atoms with van der Waals surface area (Å²) >= 11 is 0. The van der Waals surface area contributed by atoms with Gasteiger partial charge in [0, 0.05) is 13.1 Å². The van der Waals surface area contributed by atoms with E-state index in [1.807, 2.05) is 6.07 Å². The van der Waals surface area contributed by atoms with E-state index in [2.05, 4.69) is 12.2 Å². The summed E-state index contributed by atoms with van der Waals surface area (Å²) in [5.74, 6) is -0.647. The molecule has 1 aliphatic rings. The van der Waals surface area contributed by atoms with Crippen molar-refractivity contribution in [2.45, 2.75) is 52.0 Å². The highest BCUT2D eigenvalue weighted by atomic mass is 16.5. The first kappa shape index (κ1) is 21.7. The molecule has 0 aliphatic carbocycles. The van der Waals surface area contributed by atoms with E-state index in [-0.39, 0.29) is 24.8 Å². The monoisotopic (exact) mass is 390 g/mol. The maximum absolute atomic E-state index is 13.2. The van der Waals surface area contributed by atoms with Crippen molar-refractivity contribution in [3.8, 4) is 5.75 Å². The summed E-state index contributed by atoms with van der Waals surface area (Å²) < 4.78 is 10.8. The lowest BCUT2D eigenvalue weighted by atomic mass is 10.1. The van der Waals surface area contributed by atoms with Crippen molar-refractivity contribution in [2.24, 2.45) is 0 Å². The van der Waals surface area contributed by atoms with E-state index in [9.17, 15) is 14.4 Å². The average molecular weight is 390 g/mol. The van der Waals surface area contributed by atoms with E-state index >= 15 is 0 Å². The van der Waals surface area contributed by atoms with Crippen molar-refractivity contribution in [2.75, 3.05) is 26.3 Å². The van der Waals surface area contributed by atoms with E-state index in [0.29, 0.717) is 31.0 Å². The Morgan fingerprint density at radius 1 is 1.18 bits per heavy atom. The molecule has 1 N–H and O–H groups in total. The minimum absolute atomic E-state index is 0.161. The molecule has 0 radical (unpaired) electrons. The lowest BCUT2D eigenvalue weighted by Crippen LogP contribution is -2.57. The molecule has 1 aliphatic heterocycles. The molecular formula is C21H30N2O5. The highest BCUT2D eigenvalue weighted by Crippen LogP contribution is 2.23. The molecule has 7 nitrogen and oxygen atoms in total. The molecule has 1 fully saturated rings. The van der Waals surface area contributed by atoms with Crippen LogP contribution in [0.4, 0.5) is 0 Å². The Morgan fingerprint density at radius 2 is 1.96 bits per heavy atom. The van der Waals surface area contributed by atoms with Crippen LogP contribution in [0.25, 0.3) is 0 Å². The van der Waals surface area contributed by atoms with Crippen molar-refractivity contribution < 1.29 is 23.9 Å².